The first-order valence-electron chi connectivity index (χ1n) is 9.47. The second kappa shape index (κ2) is 9.04. The molecular weight excluding hydrogens is 425 g/mol. The van der Waals surface area contributed by atoms with Gasteiger partial charge in [-0.1, -0.05) is 18.2 Å². The normalized spacial score (nSPS) is 11.2. The van der Waals surface area contributed by atoms with Gasteiger partial charge < -0.3 is 10.6 Å². The molecule has 10 heteroatoms. The number of hydrogen-bond acceptors (Lipinski definition) is 4. The molecule has 0 aliphatic heterocycles. The van der Waals surface area contributed by atoms with Gasteiger partial charge in [-0.2, -0.15) is 18.3 Å². The molecule has 32 heavy (non-hydrogen) atoms. The first-order valence-corrected chi connectivity index (χ1v) is 9.47. The van der Waals surface area contributed by atoms with E-state index >= 15 is 0 Å². The summed E-state index contributed by atoms with van der Waals surface area (Å²) in [5.74, 6) is -0.951. The van der Waals surface area contributed by atoms with E-state index in [-0.39, 0.29) is 11.6 Å². The number of amides is 2. The zero-order chi connectivity index (χ0) is 23.5. The molecule has 0 saturated heterocycles. The van der Waals surface area contributed by atoms with E-state index in [0.717, 1.165) is 22.4 Å². The Morgan fingerprint density at radius 1 is 1.03 bits per heavy atom. The van der Waals surface area contributed by atoms with Gasteiger partial charge in [0, 0.05) is 29.9 Å². The van der Waals surface area contributed by atoms with E-state index in [2.05, 4.69) is 15.7 Å². The Hall–Kier alpha value is -3.95. The highest BCUT2D eigenvalue weighted by Gasteiger charge is 2.30. The third-order valence-electron chi connectivity index (χ3n) is 4.48. The zero-order valence-corrected chi connectivity index (χ0v) is 17.2. The van der Waals surface area contributed by atoms with Crippen molar-refractivity contribution in [2.45, 2.75) is 26.6 Å². The van der Waals surface area contributed by atoms with Crippen molar-refractivity contribution >= 4 is 23.2 Å². The van der Waals surface area contributed by atoms with E-state index in [0.29, 0.717) is 16.9 Å². The Labute approximate surface area is 180 Å². The van der Waals surface area contributed by atoms with Crippen LogP contribution in [0.15, 0.2) is 59.4 Å². The van der Waals surface area contributed by atoms with Gasteiger partial charge in [0.05, 0.1) is 11.3 Å². The van der Waals surface area contributed by atoms with Crippen molar-refractivity contribution in [3.8, 4) is 11.3 Å². The Bertz CT molecular complexity index is 1240. The third kappa shape index (κ3) is 5.60. The number of alkyl halides is 3. The topological polar surface area (TPSA) is 93.1 Å². The van der Waals surface area contributed by atoms with E-state index in [1.807, 2.05) is 6.92 Å². The molecule has 2 aromatic carbocycles. The molecule has 0 aliphatic carbocycles. The lowest BCUT2D eigenvalue weighted by Gasteiger charge is -2.12. The lowest BCUT2D eigenvalue weighted by Crippen LogP contribution is -2.29. The van der Waals surface area contributed by atoms with Crippen LogP contribution in [0.4, 0.5) is 24.5 Å². The maximum atomic E-state index is 12.8. The molecule has 166 valence electrons. The van der Waals surface area contributed by atoms with Gasteiger partial charge >= 0.3 is 6.18 Å². The Kier molecular flexibility index (Phi) is 6.42. The fraction of sp³-hybridized carbons (Fsp3) is 0.182. The Morgan fingerprint density at radius 2 is 1.78 bits per heavy atom. The number of aryl methyl sites for hydroxylation is 1. The van der Waals surface area contributed by atoms with Crippen LogP contribution in [0.25, 0.3) is 11.3 Å². The molecule has 2 N–H and O–H groups in total. The molecule has 7 nitrogen and oxygen atoms in total. The van der Waals surface area contributed by atoms with Crippen molar-refractivity contribution in [3.05, 3.63) is 76.1 Å². The van der Waals surface area contributed by atoms with Gasteiger partial charge in [0.1, 0.15) is 6.54 Å². The van der Waals surface area contributed by atoms with Gasteiger partial charge in [0.15, 0.2) is 0 Å². The van der Waals surface area contributed by atoms with Crippen molar-refractivity contribution < 1.29 is 22.8 Å². The van der Waals surface area contributed by atoms with Gasteiger partial charge in [-0.25, -0.2) is 4.68 Å². The fourth-order valence-electron chi connectivity index (χ4n) is 2.93. The van der Waals surface area contributed by atoms with Crippen LogP contribution < -0.4 is 16.2 Å². The molecule has 0 bridgehead atoms. The number of aromatic nitrogens is 2. The molecule has 3 rings (SSSR count). The predicted molar refractivity (Wildman–Crippen MR) is 113 cm³/mol. The highest BCUT2D eigenvalue weighted by Crippen LogP contribution is 2.30. The van der Waals surface area contributed by atoms with E-state index in [4.69, 9.17) is 0 Å². The lowest BCUT2D eigenvalue weighted by molar-refractivity contribution is -0.137. The average Bonchev–Trinajstić information content (AvgIpc) is 2.70. The minimum absolute atomic E-state index is 0.0486. The minimum Gasteiger partial charge on any atom is -0.326 e. The summed E-state index contributed by atoms with van der Waals surface area (Å²) in [5, 5.41) is 9.23. The molecule has 0 radical (unpaired) electrons. The van der Waals surface area contributed by atoms with Gasteiger partial charge in [-0.15, -0.1) is 0 Å². The quantitative estimate of drug-likeness (QED) is 0.626. The van der Waals surface area contributed by atoms with Crippen LogP contribution in [0.3, 0.4) is 0 Å². The first-order chi connectivity index (χ1) is 15.0. The van der Waals surface area contributed by atoms with Gasteiger partial charge in [0.25, 0.3) is 5.56 Å². The van der Waals surface area contributed by atoms with Crippen LogP contribution >= 0.6 is 0 Å². The van der Waals surface area contributed by atoms with Crippen molar-refractivity contribution in [2.24, 2.45) is 0 Å². The molecule has 1 aromatic heterocycles. The van der Waals surface area contributed by atoms with Crippen molar-refractivity contribution in [3.63, 3.8) is 0 Å². The highest BCUT2D eigenvalue weighted by molar-refractivity contribution is 5.91. The summed E-state index contributed by atoms with van der Waals surface area (Å²) in [4.78, 5) is 35.9. The molecule has 0 unspecified atom stereocenters. The number of benzene rings is 2. The van der Waals surface area contributed by atoms with Crippen LogP contribution in [0.5, 0.6) is 0 Å². The molecular formula is C22H19F3N4O3. The van der Waals surface area contributed by atoms with Crippen molar-refractivity contribution in [2.75, 3.05) is 10.6 Å². The summed E-state index contributed by atoms with van der Waals surface area (Å²) in [7, 11) is 0. The summed E-state index contributed by atoms with van der Waals surface area (Å²) < 4.78 is 39.4. The second-order valence-corrected chi connectivity index (χ2v) is 7.05. The first kappa shape index (κ1) is 22.7. The molecule has 0 spiro atoms. The number of rotatable bonds is 5. The second-order valence-electron chi connectivity index (χ2n) is 7.05. The number of nitrogens with zero attached hydrogens (tertiary/aromatic N) is 2. The maximum absolute atomic E-state index is 12.8. The van der Waals surface area contributed by atoms with E-state index in [1.54, 1.807) is 18.2 Å². The number of nitrogens with one attached hydrogen (secondary N) is 2. The van der Waals surface area contributed by atoms with Gasteiger partial charge in [-0.05, 0) is 42.8 Å². The van der Waals surface area contributed by atoms with Crippen LogP contribution in [0.1, 0.15) is 18.1 Å². The zero-order valence-electron chi connectivity index (χ0n) is 17.2. The van der Waals surface area contributed by atoms with Gasteiger partial charge in [0.2, 0.25) is 11.8 Å². The number of carbonyl (C=O) groups excluding carboxylic acids is 2. The monoisotopic (exact) mass is 444 g/mol. The standard InChI is InChI=1S/C22H19F3N4O3/c1-13-6-7-15(10-19(13)26-14(2)30)18-8-9-21(32)29(28-18)12-20(31)27-17-5-3-4-16(11-17)22(23,24)25/h3-11H,12H2,1-2H3,(H,26,30)(H,27,31). The molecule has 0 saturated carbocycles. The smallest absolute Gasteiger partial charge is 0.326 e. The Balaban J connectivity index is 1.82. The summed E-state index contributed by atoms with van der Waals surface area (Å²) in [5.41, 5.74) is 0.889. The summed E-state index contributed by atoms with van der Waals surface area (Å²) in [6.07, 6.45) is -4.54. The maximum Gasteiger partial charge on any atom is 0.416 e. The number of anilines is 2. The Morgan fingerprint density at radius 3 is 2.47 bits per heavy atom. The number of hydrogen-bond donors (Lipinski definition) is 2. The highest BCUT2D eigenvalue weighted by atomic mass is 19.4. The predicted octanol–water partition coefficient (Wildman–Crippen LogP) is 3.83. The largest absolute Gasteiger partial charge is 0.416 e. The fourth-order valence-corrected chi connectivity index (χ4v) is 2.93. The molecule has 1 heterocycles. The van der Waals surface area contributed by atoms with Crippen LogP contribution in [-0.4, -0.2) is 21.6 Å². The summed E-state index contributed by atoms with van der Waals surface area (Å²) in [6, 6.07) is 12.1. The summed E-state index contributed by atoms with van der Waals surface area (Å²) in [6.45, 7) is 2.71. The van der Waals surface area contributed by atoms with E-state index in [1.165, 1.54) is 31.2 Å². The van der Waals surface area contributed by atoms with Gasteiger partial charge in [-0.3, -0.25) is 14.4 Å². The molecule has 0 atom stereocenters. The van der Waals surface area contributed by atoms with Crippen LogP contribution in [0, 0.1) is 6.92 Å². The summed E-state index contributed by atoms with van der Waals surface area (Å²) >= 11 is 0. The molecule has 3 aromatic rings. The molecule has 2 amide bonds. The van der Waals surface area contributed by atoms with Crippen molar-refractivity contribution in [1.82, 2.24) is 9.78 Å². The van der Waals surface area contributed by atoms with Crippen molar-refractivity contribution in [1.29, 1.82) is 0 Å². The van der Waals surface area contributed by atoms with E-state index in [9.17, 15) is 27.6 Å². The van der Waals surface area contributed by atoms with Crippen LogP contribution in [-0.2, 0) is 22.3 Å². The lowest BCUT2D eigenvalue weighted by atomic mass is 10.1. The number of halogens is 3. The van der Waals surface area contributed by atoms with E-state index < -0.39 is 29.8 Å². The van der Waals surface area contributed by atoms with Crippen LogP contribution in [0.2, 0.25) is 0 Å². The third-order valence-corrected chi connectivity index (χ3v) is 4.48. The average molecular weight is 444 g/mol. The number of carbonyl (C=O) groups is 2. The minimum atomic E-state index is -4.54. The SMILES string of the molecule is CC(=O)Nc1cc(-c2ccc(=O)n(CC(=O)Nc3cccc(C(F)(F)F)c3)n2)ccc1C. The molecule has 0 aliphatic rings. The molecule has 0 fully saturated rings.